The Morgan fingerprint density at radius 3 is 2.69 bits per heavy atom. The van der Waals surface area contributed by atoms with Crippen LogP contribution in [0.3, 0.4) is 0 Å². The summed E-state index contributed by atoms with van der Waals surface area (Å²) in [4.78, 5) is 20.8. The van der Waals surface area contributed by atoms with Crippen LogP contribution in [0.15, 0.2) is 25.0 Å². The van der Waals surface area contributed by atoms with Crippen LogP contribution in [-0.2, 0) is 0 Å². The molecule has 0 bridgehead atoms. The molecule has 0 heterocycles. The number of hydrogen-bond acceptors (Lipinski definition) is 4. The summed E-state index contributed by atoms with van der Waals surface area (Å²) in [5.41, 5.74) is -0.503. The molecule has 0 radical (unpaired) electrons. The maximum atomic E-state index is 10.8. The quantitative estimate of drug-likeness (QED) is 0.479. The van der Waals surface area contributed by atoms with Crippen molar-refractivity contribution in [2.24, 2.45) is 0 Å². The lowest BCUT2D eigenvalue weighted by Crippen LogP contribution is -2.05. The van der Waals surface area contributed by atoms with Gasteiger partial charge in [-0.25, -0.2) is 4.79 Å². The molecule has 16 heavy (non-hydrogen) atoms. The van der Waals surface area contributed by atoms with Crippen molar-refractivity contribution < 1.29 is 19.6 Å². The summed E-state index contributed by atoms with van der Waals surface area (Å²) < 4.78 is 4.88. The van der Waals surface area contributed by atoms with Crippen molar-refractivity contribution in [1.82, 2.24) is 0 Å². The first-order valence-electron chi connectivity index (χ1n) is 4.28. The molecule has 1 aromatic rings. The van der Waals surface area contributed by atoms with Gasteiger partial charge in [0.15, 0.2) is 0 Å². The van der Waals surface area contributed by atoms with Crippen molar-refractivity contribution in [2.45, 2.75) is 6.92 Å². The third kappa shape index (κ3) is 2.00. The second-order valence-corrected chi connectivity index (χ2v) is 2.95. The zero-order valence-corrected chi connectivity index (χ0v) is 8.47. The van der Waals surface area contributed by atoms with Crippen molar-refractivity contribution in [2.75, 3.05) is 0 Å². The van der Waals surface area contributed by atoms with Crippen LogP contribution in [0, 0.1) is 17.0 Å². The van der Waals surface area contributed by atoms with Gasteiger partial charge in [-0.15, -0.1) is 0 Å². The maximum Gasteiger partial charge on any atom is 0.342 e. The number of benzene rings is 1. The average Bonchev–Trinajstić information content (AvgIpc) is 2.20. The van der Waals surface area contributed by atoms with E-state index in [1.165, 1.54) is 12.1 Å². The number of carbonyl (C=O) groups is 1. The monoisotopic (exact) mass is 223 g/mol. The van der Waals surface area contributed by atoms with Gasteiger partial charge in [-0.1, -0.05) is 12.6 Å². The lowest BCUT2D eigenvalue weighted by Gasteiger charge is -2.07. The zero-order valence-electron chi connectivity index (χ0n) is 8.47. The topological polar surface area (TPSA) is 89.7 Å². The van der Waals surface area contributed by atoms with Crippen LogP contribution in [0.25, 0.3) is 0 Å². The fourth-order valence-corrected chi connectivity index (χ4v) is 1.26. The predicted molar refractivity (Wildman–Crippen MR) is 55.6 cm³/mol. The van der Waals surface area contributed by atoms with Gasteiger partial charge in [0.2, 0.25) is 5.75 Å². The standard InChI is InChI=1S/C10H9NO5/c1-3-16-9-6(2)4-5-7(10(12)13)8(9)11(14)15/h3-5H,1H2,2H3,(H,12,13). The molecule has 84 valence electrons. The van der Waals surface area contributed by atoms with Crippen LogP contribution in [0.5, 0.6) is 5.75 Å². The van der Waals surface area contributed by atoms with Crippen LogP contribution in [0.2, 0.25) is 0 Å². The van der Waals surface area contributed by atoms with E-state index >= 15 is 0 Å². The van der Waals surface area contributed by atoms with Gasteiger partial charge in [0.1, 0.15) is 5.56 Å². The molecule has 0 spiro atoms. The predicted octanol–water partition coefficient (Wildman–Crippen LogP) is 2.12. The highest BCUT2D eigenvalue weighted by Crippen LogP contribution is 2.34. The third-order valence-electron chi connectivity index (χ3n) is 1.94. The Bertz CT molecular complexity index is 467. The molecule has 0 saturated heterocycles. The minimum Gasteiger partial charge on any atom is -0.477 e. The number of nitro benzene ring substituents is 1. The van der Waals surface area contributed by atoms with E-state index in [0.29, 0.717) is 5.56 Å². The summed E-state index contributed by atoms with van der Waals surface area (Å²) in [6.07, 6.45) is 1.01. The van der Waals surface area contributed by atoms with Gasteiger partial charge in [0, 0.05) is 0 Å². The van der Waals surface area contributed by atoms with Gasteiger partial charge in [0.05, 0.1) is 11.2 Å². The van der Waals surface area contributed by atoms with E-state index in [2.05, 4.69) is 6.58 Å². The lowest BCUT2D eigenvalue weighted by molar-refractivity contribution is -0.386. The molecule has 1 N–H and O–H groups in total. The van der Waals surface area contributed by atoms with Gasteiger partial charge in [-0.05, 0) is 18.6 Å². The number of nitrogens with zero attached hydrogens (tertiary/aromatic N) is 1. The summed E-state index contributed by atoms with van der Waals surface area (Å²) in [6, 6.07) is 2.61. The molecule has 6 heteroatoms. The van der Waals surface area contributed by atoms with E-state index in [9.17, 15) is 14.9 Å². The minimum absolute atomic E-state index is 0.0973. The molecule has 6 nitrogen and oxygen atoms in total. The third-order valence-corrected chi connectivity index (χ3v) is 1.94. The second-order valence-electron chi connectivity index (χ2n) is 2.95. The molecular formula is C10H9NO5. The zero-order chi connectivity index (χ0) is 12.3. The number of ether oxygens (including phenoxy) is 1. The number of nitro groups is 1. The summed E-state index contributed by atoms with van der Waals surface area (Å²) in [5, 5.41) is 19.6. The molecule has 0 aliphatic carbocycles. The number of carboxylic acids is 1. The summed E-state index contributed by atoms with van der Waals surface area (Å²) in [7, 11) is 0. The SMILES string of the molecule is C=COc1c(C)ccc(C(=O)O)c1[N+](=O)[O-]. The Labute approximate surface area is 90.9 Å². The van der Waals surface area contributed by atoms with E-state index in [1.54, 1.807) is 6.92 Å². The summed E-state index contributed by atoms with van der Waals surface area (Å²) >= 11 is 0. The maximum absolute atomic E-state index is 10.8. The van der Waals surface area contributed by atoms with Gasteiger partial charge in [-0.3, -0.25) is 10.1 Å². The normalized spacial score (nSPS) is 9.56. The molecule has 0 aliphatic heterocycles. The fourth-order valence-electron chi connectivity index (χ4n) is 1.26. The number of rotatable bonds is 4. The van der Waals surface area contributed by atoms with E-state index in [0.717, 1.165) is 6.26 Å². The average molecular weight is 223 g/mol. The van der Waals surface area contributed by atoms with Gasteiger partial charge >= 0.3 is 11.7 Å². The molecule has 0 amide bonds. The van der Waals surface area contributed by atoms with Gasteiger partial charge in [0.25, 0.3) is 0 Å². The van der Waals surface area contributed by atoms with Crippen LogP contribution in [-0.4, -0.2) is 16.0 Å². The van der Waals surface area contributed by atoms with Crippen LogP contribution in [0.1, 0.15) is 15.9 Å². The number of carboxylic acid groups (broad SMARTS) is 1. The van der Waals surface area contributed by atoms with Crippen molar-refractivity contribution in [3.8, 4) is 5.75 Å². The Balaban J connectivity index is 3.55. The molecule has 0 aromatic heterocycles. The van der Waals surface area contributed by atoms with Gasteiger partial charge in [-0.2, -0.15) is 0 Å². The highest BCUT2D eigenvalue weighted by Gasteiger charge is 2.26. The highest BCUT2D eigenvalue weighted by atomic mass is 16.6. The first-order chi connectivity index (χ1) is 7.49. The first-order valence-corrected chi connectivity index (χ1v) is 4.28. The number of aryl methyl sites for hydroxylation is 1. The van der Waals surface area contributed by atoms with E-state index < -0.39 is 22.1 Å². The van der Waals surface area contributed by atoms with E-state index in [4.69, 9.17) is 9.84 Å². The largest absolute Gasteiger partial charge is 0.477 e. The van der Waals surface area contributed by atoms with Gasteiger partial charge < -0.3 is 9.84 Å². The van der Waals surface area contributed by atoms with Crippen LogP contribution < -0.4 is 4.74 Å². The first kappa shape index (κ1) is 11.7. The molecule has 0 unspecified atom stereocenters. The summed E-state index contributed by atoms with van der Waals surface area (Å²) in [6.45, 7) is 4.86. The number of hydrogen-bond donors (Lipinski definition) is 1. The highest BCUT2D eigenvalue weighted by molar-refractivity contribution is 5.94. The molecule has 0 aliphatic rings. The smallest absolute Gasteiger partial charge is 0.342 e. The summed E-state index contributed by atoms with van der Waals surface area (Å²) in [5.74, 6) is -1.47. The Hall–Kier alpha value is -2.37. The molecule has 0 fully saturated rings. The molecular weight excluding hydrogens is 214 g/mol. The van der Waals surface area contributed by atoms with Crippen molar-refractivity contribution in [1.29, 1.82) is 0 Å². The Morgan fingerprint density at radius 2 is 2.25 bits per heavy atom. The number of aromatic carboxylic acids is 1. The fraction of sp³-hybridized carbons (Fsp3) is 0.100. The second kappa shape index (κ2) is 4.43. The van der Waals surface area contributed by atoms with Crippen LogP contribution >= 0.6 is 0 Å². The van der Waals surface area contributed by atoms with E-state index in [-0.39, 0.29) is 5.75 Å². The molecule has 1 rings (SSSR count). The Morgan fingerprint density at radius 1 is 1.62 bits per heavy atom. The Kier molecular flexibility index (Phi) is 3.24. The van der Waals surface area contributed by atoms with Crippen molar-refractivity contribution >= 4 is 11.7 Å². The molecule has 1 aromatic carbocycles. The van der Waals surface area contributed by atoms with E-state index in [1.807, 2.05) is 0 Å². The lowest BCUT2D eigenvalue weighted by atomic mass is 10.1. The van der Waals surface area contributed by atoms with Crippen molar-refractivity contribution in [3.63, 3.8) is 0 Å². The van der Waals surface area contributed by atoms with Crippen molar-refractivity contribution in [3.05, 3.63) is 46.2 Å². The van der Waals surface area contributed by atoms with Crippen LogP contribution in [0.4, 0.5) is 5.69 Å². The molecule has 0 saturated carbocycles. The molecule has 0 atom stereocenters. The minimum atomic E-state index is -1.37.